The highest BCUT2D eigenvalue weighted by molar-refractivity contribution is 6.11. The summed E-state index contributed by atoms with van der Waals surface area (Å²) in [6.45, 7) is -0.0612. The zero-order valence-electron chi connectivity index (χ0n) is 14.4. The van der Waals surface area contributed by atoms with Crippen molar-refractivity contribution in [3.05, 3.63) is 54.1 Å². The molecule has 132 valence electrons. The molecule has 0 spiro atoms. The van der Waals surface area contributed by atoms with Crippen LogP contribution in [0, 0.1) is 17.2 Å². The van der Waals surface area contributed by atoms with Gasteiger partial charge >= 0.3 is 0 Å². The van der Waals surface area contributed by atoms with Crippen molar-refractivity contribution in [2.75, 3.05) is 23.9 Å². The second-order valence-corrected chi connectivity index (χ2v) is 6.12. The summed E-state index contributed by atoms with van der Waals surface area (Å²) in [5.74, 6) is 0.300. The van der Waals surface area contributed by atoms with Crippen molar-refractivity contribution in [1.29, 1.82) is 5.26 Å². The van der Waals surface area contributed by atoms with Gasteiger partial charge in [-0.25, -0.2) is 0 Å². The summed E-state index contributed by atoms with van der Waals surface area (Å²) in [4.78, 5) is 26.6. The number of nitrogens with one attached hydrogen (secondary N) is 1. The van der Waals surface area contributed by atoms with Crippen molar-refractivity contribution >= 4 is 23.2 Å². The Hall–Kier alpha value is -3.33. The van der Waals surface area contributed by atoms with E-state index in [-0.39, 0.29) is 24.3 Å². The number of nitrogens with zero attached hydrogens (tertiary/aromatic N) is 2. The molecule has 0 aliphatic heterocycles. The van der Waals surface area contributed by atoms with Gasteiger partial charge in [0.05, 0.1) is 11.3 Å². The van der Waals surface area contributed by atoms with E-state index in [9.17, 15) is 9.59 Å². The number of hydrogen-bond donors (Lipinski definition) is 1. The van der Waals surface area contributed by atoms with E-state index in [2.05, 4.69) is 5.32 Å². The molecular weight excluding hydrogens is 330 g/mol. The molecule has 1 aliphatic carbocycles. The van der Waals surface area contributed by atoms with Gasteiger partial charge in [0.2, 0.25) is 5.91 Å². The van der Waals surface area contributed by atoms with Gasteiger partial charge in [0.1, 0.15) is 11.8 Å². The molecule has 0 saturated heterocycles. The minimum absolute atomic E-state index is 0.0390. The largest absolute Gasteiger partial charge is 0.479 e. The summed E-state index contributed by atoms with van der Waals surface area (Å²) < 4.78 is 5.24. The van der Waals surface area contributed by atoms with Crippen LogP contribution in [0.4, 0.5) is 11.4 Å². The van der Waals surface area contributed by atoms with Gasteiger partial charge in [0.25, 0.3) is 5.91 Å². The molecule has 26 heavy (non-hydrogen) atoms. The molecule has 1 fully saturated rings. The van der Waals surface area contributed by atoms with E-state index in [1.54, 1.807) is 60.5 Å². The molecule has 0 atom stereocenters. The maximum absolute atomic E-state index is 12.7. The number of carbonyl (C=O) groups excluding carboxylic acids is 2. The van der Waals surface area contributed by atoms with Crippen LogP contribution < -0.4 is 15.0 Å². The molecule has 0 heterocycles. The van der Waals surface area contributed by atoms with Crippen molar-refractivity contribution in [1.82, 2.24) is 0 Å². The lowest BCUT2D eigenvalue weighted by atomic mass is 10.1. The Morgan fingerprint density at radius 1 is 1.23 bits per heavy atom. The van der Waals surface area contributed by atoms with Crippen molar-refractivity contribution in [2.24, 2.45) is 5.92 Å². The van der Waals surface area contributed by atoms with E-state index in [1.807, 2.05) is 6.07 Å². The lowest BCUT2D eigenvalue weighted by molar-refractivity contribution is -0.119. The Bertz CT molecular complexity index is 869. The molecule has 3 rings (SSSR count). The fraction of sp³-hybridized carbons (Fsp3) is 0.250. The zero-order valence-corrected chi connectivity index (χ0v) is 14.4. The number of nitriles is 1. The molecule has 0 bridgehead atoms. The molecule has 2 amide bonds. The number of carbonyl (C=O) groups is 2. The molecule has 0 aromatic heterocycles. The summed E-state index contributed by atoms with van der Waals surface area (Å²) in [7, 11) is 1.70. The van der Waals surface area contributed by atoms with E-state index in [0.29, 0.717) is 22.7 Å². The second kappa shape index (κ2) is 7.70. The molecule has 0 unspecified atom stereocenters. The van der Waals surface area contributed by atoms with Crippen LogP contribution >= 0.6 is 0 Å². The van der Waals surface area contributed by atoms with Crippen molar-refractivity contribution in [2.45, 2.75) is 12.8 Å². The van der Waals surface area contributed by atoms with Crippen molar-refractivity contribution < 1.29 is 14.3 Å². The average Bonchev–Trinajstić information content (AvgIpc) is 3.50. The number of amides is 2. The van der Waals surface area contributed by atoms with Gasteiger partial charge < -0.3 is 15.0 Å². The van der Waals surface area contributed by atoms with Crippen LogP contribution in [0.2, 0.25) is 0 Å². The Morgan fingerprint density at radius 3 is 2.73 bits per heavy atom. The first-order valence-corrected chi connectivity index (χ1v) is 8.38. The van der Waals surface area contributed by atoms with Gasteiger partial charge in [0.15, 0.2) is 6.61 Å². The van der Waals surface area contributed by atoms with E-state index in [1.165, 1.54) is 0 Å². The lowest BCUT2D eigenvalue weighted by Crippen LogP contribution is -2.29. The summed E-state index contributed by atoms with van der Waals surface area (Å²) in [5, 5.41) is 11.4. The predicted octanol–water partition coefficient (Wildman–Crippen LogP) is 3.21. The second-order valence-electron chi connectivity index (χ2n) is 6.12. The maximum Gasteiger partial charge on any atom is 0.257 e. The van der Waals surface area contributed by atoms with Crippen molar-refractivity contribution in [3.63, 3.8) is 0 Å². The van der Waals surface area contributed by atoms with Crippen LogP contribution in [0.25, 0.3) is 0 Å². The number of ether oxygens (including phenoxy) is 1. The van der Waals surface area contributed by atoms with Gasteiger partial charge in [-0.3, -0.25) is 9.59 Å². The monoisotopic (exact) mass is 349 g/mol. The van der Waals surface area contributed by atoms with Crippen LogP contribution in [0.5, 0.6) is 5.75 Å². The molecule has 0 radical (unpaired) electrons. The fourth-order valence-electron chi connectivity index (χ4n) is 2.66. The van der Waals surface area contributed by atoms with Crippen LogP contribution in [-0.4, -0.2) is 25.5 Å². The number of rotatable bonds is 6. The molecular formula is C20H19N3O3. The third-order valence-electron chi connectivity index (χ3n) is 4.16. The van der Waals surface area contributed by atoms with Crippen LogP contribution in [0.15, 0.2) is 48.5 Å². The summed E-state index contributed by atoms with van der Waals surface area (Å²) in [6.07, 6.45) is 1.82. The Balaban J connectivity index is 1.78. The van der Waals surface area contributed by atoms with E-state index in [0.717, 1.165) is 12.8 Å². The van der Waals surface area contributed by atoms with Gasteiger partial charge in [-0.2, -0.15) is 5.26 Å². The first-order valence-electron chi connectivity index (χ1n) is 8.38. The quantitative estimate of drug-likeness (QED) is 0.868. The standard InChI is InChI=1S/C20H19N3O3/c1-23(20(25)14-9-10-14)18-8-3-2-7-17(18)19(24)22-15-5-4-6-16(13-15)26-12-11-21/h2-8,13-14H,9-10,12H2,1H3,(H,22,24). The Morgan fingerprint density at radius 2 is 2.00 bits per heavy atom. The number of para-hydroxylation sites is 1. The third kappa shape index (κ3) is 4.01. The smallest absolute Gasteiger partial charge is 0.257 e. The maximum atomic E-state index is 12.7. The minimum atomic E-state index is -0.312. The molecule has 2 aromatic carbocycles. The molecule has 6 nitrogen and oxygen atoms in total. The highest BCUT2D eigenvalue weighted by Crippen LogP contribution is 2.33. The topological polar surface area (TPSA) is 82.4 Å². The number of anilines is 2. The molecule has 1 aliphatic rings. The SMILES string of the molecule is CN(C(=O)C1CC1)c1ccccc1C(=O)Nc1cccc(OCC#N)c1. The summed E-state index contributed by atoms with van der Waals surface area (Å²) in [6, 6.07) is 15.8. The van der Waals surface area contributed by atoms with Crippen LogP contribution in [0.1, 0.15) is 23.2 Å². The predicted molar refractivity (Wildman–Crippen MR) is 98.1 cm³/mol. The highest BCUT2D eigenvalue weighted by atomic mass is 16.5. The zero-order chi connectivity index (χ0) is 18.5. The Kier molecular flexibility index (Phi) is 5.18. The molecule has 1 saturated carbocycles. The van der Waals surface area contributed by atoms with Gasteiger partial charge in [-0.05, 0) is 37.1 Å². The van der Waals surface area contributed by atoms with Crippen LogP contribution in [-0.2, 0) is 4.79 Å². The van der Waals surface area contributed by atoms with Gasteiger partial charge in [0, 0.05) is 24.7 Å². The van der Waals surface area contributed by atoms with E-state index < -0.39 is 0 Å². The Labute approximate surface area is 152 Å². The summed E-state index contributed by atoms with van der Waals surface area (Å²) in [5.41, 5.74) is 1.56. The minimum Gasteiger partial charge on any atom is -0.479 e. The first-order chi connectivity index (χ1) is 12.6. The lowest BCUT2D eigenvalue weighted by Gasteiger charge is -2.20. The summed E-state index contributed by atoms with van der Waals surface area (Å²) >= 11 is 0. The average molecular weight is 349 g/mol. The fourth-order valence-corrected chi connectivity index (χ4v) is 2.66. The number of hydrogen-bond acceptors (Lipinski definition) is 4. The first kappa shape index (κ1) is 17.5. The van der Waals surface area contributed by atoms with Gasteiger partial charge in [-0.15, -0.1) is 0 Å². The molecule has 6 heteroatoms. The van der Waals surface area contributed by atoms with E-state index in [4.69, 9.17) is 10.00 Å². The van der Waals surface area contributed by atoms with Crippen LogP contribution in [0.3, 0.4) is 0 Å². The van der Waals surface area contributed by atoms with E-state index >= 15 is 0 Å². The normalized spacial score (nSPS) is 12.8. The van der Waals surface area contributed by atoms with Crippen molar-refractivity contribution in [3.8, 4) is 11.8 Å². The highest BCUT2D eigenvalue weighted by Gasteiger charge is 2.33. The number of benzene rings is 2. The van der Waals surface area contributed by atoms with Gasteiger partial charge in [-0.1, -0.05) is 18.2 Å². The third-order valence-corrected chi connectivity index (χ3v) is 4.16. The molecule has 1 N–H and O–H groups in total. The molecule has 2 aromatic rings.